The highest BCUT2D eigenvalue weighted by Gasteiger charge is 2.32. The number of benzene rings is 2. The molecule has 45 heavy (non-hydrogen) atoms. The van der Waals surface area contributed by atoms with E-state index < -0.39 is 4.92 Å². The van der Waals surface area contributed by atoms with E-state index in [0.29, 0.717) is 74.8 Å². The van der Waals surface area contributed by atoms with Gasteiger partial charge in [0.25, 0.3) is 0 Å². The second-order valence-electron chi connectivity index (χ2n) is 10.7. The monoisotopic (exact) mass is 684 g/mol. The van der Waals surface area contributed by atoms with Crippen LogP contribution in [0.4, 0.5) is 5.95 Å². The maximum absolute atomic E-state index is 14.1. The highest BCUT2D eigenvalue weighted by atomic mass is 79.9. The number of hydrogen-bond donors (Lipinski definition) is 0. The van der Waals surface area contributed by atoms with Crippen LogP contribution in [0.25, 0.3) is 10.9 Å². The van der Waals surface area contributed by atoms with E-state index in [4.69, 9.17) is 24.0 Å². The topological polar surface area (TPSA) is 133 Å². The molecule has 0 amide bonds. The summed E-state index contributed by atoms with van der Waals surface area (Å²) < 4.78 is 25.6. The summed E-state index contributed by atoms with van der Waals surface area (Å²) in [5, 5.41) is 17.0. The number of nitro groups is 1. The Morgan fingerprint density at radius 1 is 1.04 bits per heavy atom. The fraction of sp³-hybridized carbons (Fsp3) is 0.387. The molecule has 0 unspecified atom stereocenters. The smallest absolute Gasteiger partial charge is 0.435 e. The van der Waals surface area contributed by atoms with Crippen molar-refractivity contribution >= 4 is 22.6 Å². The summed E-state index contributed by atoms with van der Waals surface area (Å²) in [4.78, 5) is 29.5. The summed E-state index contributed by atoms with van der Waals surface area (Å²) in [6, 6.07) is 6.74. The summed E-state index contributed by atoms with van der Waals surface area (Å²) in [6.45, 7) is 4.35. The van der Waals surface area contributed by atoms with Crippen LogP contribution in [-0.4, -0.2) is 77.1 Å². The number of quaternary nitrogens is 1. The average molecular weight is 686 g/mol. The minimum Gasteiger partial charge on any atom is -1.00 e. The second-order valence-corrected chi connectivity index (χ2v) is 10.7. The molecule has 0 bridgehead atoms. The number of hydrogen-bond acceptors (Lipinski definition) is 9. The van der Waals surface area contributed by atoms with E-state index in [0.717, 1.165) is 5.69 Å². The Kier molecular flexibility index (Phi) is 10.9. The Morgan fingerprint density at radius 3 is 2.18 bits per heavy atom. The molecule has 240 valence electrons. The van der Waals surface area contributed by atoms with Gasteiger partial charge in [-0.1, -0.05) is 17.8 Å². The third-order valence-corrected chi connectivity index (χ3v) is 7.35. The molecule has 4 aromatic rings. The molecule has 0 spiro atoms. The van der Waals surface area contributed by atoms with Gasteiger partial charge in [-0.3, -0.25) is 4.79 Å². The van der Waals surface area contributed by atoms with Crippen LogP contribution >= 0.6 is 0 Å². The Morgan fingerprint density at radius 2 is 1.67 bits per heavy atom. The lowest BCUT2D eigenvalue weighted by Gasteiger charge is -2.29. The molecule has 13 nitrogen and oxygen atoms in total. The molecule has 2 heterocycles. The zero-order chi connectivity index (χ0) is 32.3. The van der Waals surface area contributed by atoms with Crippen LogP contribution in [0.15, 0.2) is 24.3 Å². The van der Waals surface area contributed by atoms with Gasteiger partial charge in [0.1, 0.15) is 18.0 Å². The maximum Gasteiger partial charge on any atom is 0.435 e. The number of aromatic nitrogens is 4. The first-order valence-corrected chi connectivity index (χ1v) is 13.8. The van der Waals surface area contributed by atoms with Crippen molar-refractivity contribution in [2.45, 2.75) is 33.5 Å². The molecule has 0 saturated carbocycles. The lowest BCUT2D eigenvalue weighted by atomic mass is 10.0. The summed E-state index contributed by atoms with van der Waals surface area (Å²) >= 11 is 0. The molecule has 2 aromatic heterocycles. The van der Waals surface area contributed by atoms with Crippen LogP contribution in [0.1, 0.15) is 46.9 Å². The zero-order valence-corrected chi connectivity index (χ0v) is 28.4. The van der Waals surface area contributed by atoms with E-state index in [1.807, 2.05) is 21.0 Å². The van der Waals surface area contributed by atoms with Gasteiger partial charge < -0.3 is 50.5 Å². The van der Waals surface area contributed by atoms with E-state index in [1.165, 1.54) is 25.9 Å². The van der Waals surface area contributed by atoms with Crippen molar-refractivity contribution in [2.75, 3.05) is 42.5 Å². The van der Waals surface area contributed by atoms with E-state index in [1.54, 1.807) is 50.0 Å². The minimum atomic E-state index is -0.479. The van der Waals surface area contributed by atoms with Gasteiger partial charge in [-0.25, -0.2) is 9.25 Å². The third kappa shape index (κ3) is 6.59. The zero-order valence-electron chi connectivity index (χ0n) is 26.8. The lowest BCUT2D eigenvalue weighted by Crippen LogP contribution is -3.00. The molecular formula is C31H37BrN6O7. The van der Waals surface area contributed by atoms with E-state index in [9.17, 15) is 14.9 Å². The van der Waals surface area contributed by atoms with Gasteiger partial charge in [0.05, 0.1) is 60.7 Å². The van der Waals surface area contributed by atoms with Gasteiger partial charge in [0.15, 0.2) is 29.6 Å². The number of aryl methyl sites for hydroxylation is 1. The molecule has 0 aliphatic rings. The van der Waals surface area contributed by atoms with Gasteiger partial charge in [-0.05, 0) is 36.1 Å². The summed E-state index contributed by atoms with van der Waals surface area (Å²) in [5.74, 6) is 7.12. The first-order chi connectivity index (χ1) is 20.9. The number of fused-ring (bicyclic) bond motifs is 1. The number of carbonyl (C=O) groups is 1. The van der Waals surface area contributed by atoms with Crippen LogP contribution in [0, 0.1) is 22.0 Å². The molecule has 4 rings (SSSR count). The molecular weight excluding hydrogens is 648 g/mol. The van der Waals surface area contributed by atoms with Gasteiger partial charge in [-0.2, -0.15) is 5.10 Å². The SMILES string of the molecule is CC#Cc1c(OC)ccc2c(C(=O)c3cc(OC)c(OC)c(OC)c3)nn(C[N+](C)(C)Cc3c(CC)nc([N+](=O)[O-])n3C)c12.[Br-]. The van der Waals surface area contributed by atoms with Gasteiger partial charge in [-0.15, -0.1) is 5.92 Å². The second kappa shape index (κ2) is 14.0. The van der Waals surface area contributed by atoms with Crippen LogP contribution in [0.2, 0.25) is 0 Å². The third-order valence-electron chi connectivity index (χ3n) is 7.35. The van der Waals surface area contributed by atoms with Crippen molar-refractivity contribution in [1.82, 2.24) is 19.3 Å². The highest BCUT2D eigenvalue weighted by Crippen LogP contribution is 2.39. The van der Waals surface area contributed by atoms with Gasteiger partial charge in [0.2, 0.25) is 11.5 Å². The molecule has 0 fully saturated rings. The number of nitrogens with zero attached hydrogens (tertiary/aromatic N) is 6. The van der Waals surface area contributed by atoms with Crippen LogP contribution in [0.5, 0.6) is 23.0 Å². The number of halogens is 1. The largest absolute Gasteiger partial charge is 1.00 e. The quantitative estimate of drug-likeness (QED) is 0.0708. The predicted octanol–water partition coefficient (Wildman–Crippen LogP) is 1.12. The molecule has 0 aliphatic carbocycles. The Hall–Kier alpha value is -4.61. The Labute approximate surface area is 272 Å². The fourth-order valence-corrected chi connectivity index (χ4v) is 5.33. The van der Waals surface area contributed by atoms with Gasteiger partial charge in [0, 0.05) is 17.4 Å². The number of rotatable bonds is 12. The summed E-state index contributed by atoms with van der Waals surface area (Å²) in [5.41, 5.74) is 3.14. The van der Waals surface area contributed by atoms with Crippen molar-refractivity contribution in [2.24, 2.45) is 7.05 Å². The molecule has 2 aromatic carbocycles. The van der Waals surface area contributed by atoms with Crippen LogP contribution in [0.3, 0.4) is 0 Å². The standard InChI is InChI=1S/C31H37N6O7.BrH/c1-10-12-20-24(41-6)14-13-21-27(29(38)19-15-25(42-7)30(44-9)26(16-19)43-8)33-35(28(20)21)18-37(4,5)17-23-22(11-2)32-31(34(23)3)36(39)40;/h13-16H,11,17-18H2,1-9H3;1H/q+1;/p-1. The van der Waals surface area contributed by atoms with Crippen molar-refractivity contribution in [3.63, 3.8) is 0 Å². The van der Waals surface area contributed by atoms with Crippen molar-refractivity contribution < 1.29 is 50.1 Å². The first-order valence-electron chi connectivity index (χ1n) is 13.8. The number of ether oxygens (including phenoxy) is 4. The maximum atomic E-state index is 14.1. The first kappa shape index (κ1) is 34.9. The number of methoxy groups -OCH3 is 4. The van der Waals surface area contributed by atoms with Crippen molar-refractivity contribution in [3.8, 4) is 34.8 Å². The molecule has 0 aliphatic heterocycles. The van der Waals surface area contributed by atoms with Crippen LogP contribution in [-0.2, 0) is 26.7 Å². The Balaban J connectivity index is 0.00000552. The van der Waals surface area contributed by atoms with Crippen molar-refractivity contribution in [3.05, 3.63) is 62.6 Å². The van der Waals surface area contributed by atoms with E-state index >= 15 is 0 Å². The molecule has 0 saturated heterocycles. The van der Waals surface area contributed by atoms with E-state index in [-0.39, 0.29) is 34.4 Å². The summed E-state index contributed by atoms with van der Waals surface area (Å²) in [7, 11) is 11.6. The summed E-state index contributed by atoms with van der Waals surface area (Å²) in [6.07, 6.45) is 0.544. The van der Waals surface area contributed by atoms with E-state index in [2.05, 4.69) is 16.8 Å². The molecule has 0 radical (unpaired) electrons. The molecule has 0 atom stereocenters. The number of carbonyl (C=O) groups excluding carboxylic acids is 1. The fourth-order valence-electron chi connectivity index (χ4n) is 5.33. The number of ketones is 1. The molecule has 0 N–H and O–H groups in total. The predicted molar refractivity (Wildman–Crippen MR) is 163 cm³/mol. The van der Waals surface area contributed by atoms with Gasteiger partial charge >= 0.3 is 5.95 Å². The lowest BCUT2D eigenvalue weighted by molar-refractivity contribution is -0.926. The minimum absolute atomic E-state index is 0. The highest BCUT2D eigenvalue weighted by molar-refractivity contribution is 6.16. The van der Waals surface area contributed by atoms with Crippen molar-refractivity contribution in [1.29, 1.82) is 0 Å². The Bertz CT molecular complexity index is 1790. The molecule has 14 heteroatoms. The average Bonchev–Trinajstić information content (AvgIpc) is 3.52. The number of imidazole rings is 1. The van der Waals surface area contributed by atoms with Crippen LogP contribution < -0.4 is 35.9 Å². The normalized spacial score (nSPS) is 11.0.